The fourth-order valence-electron chi connectivity index (χ4n) is 1.56. The summed E-state index contributed by atoms with van der Waals surface area (Å²) in [4.78, 5) is 20.9. The SMILES string of the molecule is O=C(O)C(=O)CCCCCCCCCCO. The van der Waals surface area contributed by atoms with Crippen LogP contribution in [0.2, 0.25) is 0 Å². The molecule has 0 radical (unpaired) electrons. The summed E-state index contributed by atoms with van der Waals surface area (Å²) in [5.74, 6) is -1.99. The lowest BCUT2D eigenvalue weighted by molar-refractivity contribution is -0.149. The molecular weight excluding hydrogens is 208 g/mol. The Morgan fingerprint density at radius 3 is 1.62 bits per heavy atom. The van der Waals surface area contributed by atoms with Crippen molar-refractivity contribution in [3.63, 3.8) is 0 Å². The van der Waals surface area contributed by atoms with E-state index in [1.807, 2.05) is 0 Å². The van der Waals surface area contributed by atoms with Crippen LogP contribution in [0.5, 0.6) is 0 Å². The number of unbranched alkanes of at least 4 members (excludes halogenated alkanes) is 7. The van der Waals surface area contributed by atoms with E-state index in [-0.39, 0.29) is 13.0 Å². The van der Waals surface area contributed by atoms with Crippen LogP contribution >= 0.6 is 0 Å². The smallest absolute Gasteiger partial charge is 0.372 e. The van der Waals surface area contributed by atoms with Crippen LogP contribution in [-0.2, 0) is 9.59 Å². The van der Waals surface area contributed by atoms with Crippen LogP contribution in [0.4, 0.5) is 0 Å². The van der Waals surface area contributed by atoms with Crippen LogP contribution in [0.3, 0.4) is 0 Å². The molecule has 16 heavy (non-hydrogen) atoms. The fourth-order valence-corrected chi connectivity index (χ4v) is 1.56. The summed E-state index contributed by atoms with van der Waals surface area (Å²) in [6.07, 6.45) is 8.24. The molecule has 0 amide bonds. The van der Waals surface area contributed by atoms with Crippen molar-refractivity contribution in [1.29, 1.82) is 0 Å². The summed E-state index contributed by atoms with van der Waals surface area (Å²) < 4.78 is 0. The highest BCUT2D eigenvalue weighted by Crippen LogP contribution is 2.09. The van der Waals surface area contributed by atoms with Gasteiger partial charge in [-0.3, -0.25) is 4.79 Å². The molecule has 0 atom stereocenters. The lowest BCUT2D eigenvalue weighted by Gasteiger charge is -2.00. The molecule has 0 rings (SSSR count). The van der Waals surface area contributed by atoms with E-state index < -0.39 is 11.8 Å². The first-order valence-corrected chi connectivity index (χ1v) is 6.05. The number of rotatable bonds is 11. The van der Waals surface area contributed by atoms with Gasteiger partial charge in [0, 0.05) is 13.0 Å². The zero-order valence-electron chi connectivity index (χ0n) is 9.78. The van der Waals surface area contributed by atoms with Crippen LogP contribution in [0, 0.1) is 0 Å². The van der Waals surface area contributed by atoms with Crippen molar-refractivity contribution in [2.75, 3.05) is 6.61 Å². The van der Waals surface area contributed by atoms with Crippen LogP contribution < -0.4 is 0 Å². The number of Topliss-reactive ketones (excluding diaryl/α,β-unsaturated/α-hetero) is 1. The molecule has 0 aromatic carbocycles. The summed E-state index contributed by atoms with van der Waals surface area (Å²) in [5.41, 5.74) is 0. The number of hydrogen-bond donors (Lipinski definition) is 2. The normalized spacial score (nSPS) is 10.3. The maximum absolute atomic E-state index is 10.7. The van der Waals surface area contributed by atoms with Gasteiger partial charge in [0.05, 0.1) is 0 Å². The van der Waals surface area contributed by atoms with Crippen LogP contribution in [0.25, 0.3) is 0 Å². The third kappa shape index (κ3) is 9.65. The second-order valence-electron chi connectivity index (χ2n) is 4.03. The monoisotopic (exact) mass is 230 g/mol. The van der Waals surface area contributed by atoms with Crippen molar-refractivity contribution in [1.82, 2.24) is 0 Å². The number of carboxylic acids is 1. The minimum atomic E-state index is -1.32. The van der Waals surface area contributed by atoms with Gasteiger partial charge in [0.25, 0.3) is 0 Å². The second kappa shape index (κ2) is 10.6. The van der Waals surface area contributed by atoms with Crippen LogP contribution in [0.15, 0.2) is 0 Å². The summed E-state index contributed by atoms with van der Waals surface area (Å²) >= 11 is 0. The Labute approximate surface area is 96.7 Å². The van der Waals surface area contributed by atoms with E-state index in [0.29, 0.717) is 6.42 Å². The molecule has 0 aliphatic rings. The van der Waals surface area contributed by atoms with E-state index in [1.165, 1.54) is 0 Å². The molecule has 0 saturated heterocycles. The van der Waals surface area contributed by atoms with Gasteiger partial charge in [-0.1, -0.05) is 38.5 Å². The number of carbonyl (C=O) groups is 2. The quantitative estimate of drug-likeness (QED) is 0.421. The first-order valence-electron chi connectivity index (χ1n) is 6.05. The highest BCUT2D eigenvalue weighted by Gasteiger charge is 2.09. The second-order valence-corrected chi connectivity index (χ2v) is 4.03. The fraction of sp³-hybridized carbons (Fsp3) is 0.833. The number of carboxylic acid groups (broad SMARTS) is 1. The lowest BCUT2D eigenvalue weighted by Crippen LogP contribution is -2.11. The van der Waals surface area contributed by atoms with Gasteiger partial charge < -0.3 is 10.2 Å². The van der Waals surface area contributed by atoms with Gasteiger partial charge >= 0.3 is 5.97 Å². The third-order valence-corrected chi connectivity index (χ3v) is 2.55. The number of aliphatic hydroxyl groups is 1. The average Bonchev–Trinajstić information content (AvgIpc) is 2.26. The first-order chi connectivity index (χ1) is 7.68. The van der Waals surface area contributed by atoms with E-state index in [4.69, 9.17) is 10.2 Å². The van der Waals surface area contributed by atoms with Crippen molar-refractivity contribution in [3.8, 4) is 0 Å². The highest BCUT2D eigenvalue weighted by atomic mass is 16.4. The van der Waals surface area contributed by atoms with E-state index in [0.717, 1.165) is 44.9 Å². The molecule has 0 spiro atoms. The number of ketones is 1. The molecule has 0 bridgehead atoms. The van der Waals surface area contributed by atoms with Crippen molar-refractivity contribution in [2.45, 2.75) is 57.8 Å². The Kier molecular flexibility index (Phi) is 10.0. The molecular formula is C12H22O4. The number of carbonyl (C=O) groups excluding carboxylic acids is 1. The molecule has 0 aliphatic carbocycles. The predicted octanol–water partition coefficient (Wildman–Crippen LogP) is 2.14. The topological polar surface area (TPSA) is 74.6 Å². The maximum Gasteiger partial charge on any atom is 0.372 e. The van der Waals surface area contributed by atoms with Gasteiger partial charge in [-0.15, -0.1) is 0 Å². The third-order valence-electron chi connectivity index (χ3n) is 2.55. The van der Waals surface area contributed by atoms with Crippen molar-refractivity contribution >= 4 is 11.8 Å². The van der Waals surface area contributed by atoms with E-state index in [1.54, 1.807) is 0 Å². The van der Waals surface area contributed by atoms with Gasteiger partial charge in [0.2, 0.25) is 5.78 Å². The zero-order chi connectivity index (χ0) is 12.2. The Morgan fingerprint density at radius 1 is 0.750 bits per heavy atom. The Hall–Kier alpha value is -0.900. The largest absolute Gasteiger partial charge is 0.476 e. The molecule has 4 heteroatoms. The Balaban J connectivity index is 3.10. The number of aliphatic hydroxyl groups excluding tert-OH is 1. The number of aliphatic carboxylic acids is 1. The van der Waals surface area contributed by atoms with Crippen molar-refractivity contribution in [2.24, 2.45) is 0 Å². The summed E-state index contributed by atoms with van der Waals surface area (Å²) in [5, 5.41) is 16.9. The lowest BCUT2D eigenvalue weighted by atomic mass is 10.1. The summed E-state index contributed by atoms with van der Waals surface area (Å²) in [6.45, 7) is 0.275. The molecule has 0 aliphatic heterocycles. The molecule has 0 unspecified atom stereocenters. The molecule has 0 aromatic rings. The van der Waals surface area contributed by atoms with Crippen LogP contribution in [-0.4, -0.2) is 28.6 Å². The van der Waals surface area contributed by atoms with Gasteiger partial charge in [-0.2, -0.15) is 0 Å². The predicted molar refractivity (Wildman–Crippen MR) is 61.3 cm³/mol. The zero-order valence-corrected chi connectivity index (χ0v) is 9.78. The van der Waals surface area contributed by atoms with Crippen LogP contribution in [0.1, 0.15) is 57.8 Å². The van der Waals surface area contributed by atoms with E-state index in [9.17, 15) is 9.59 Å². The maximum atomic E-state index is 10.7. The molecule has 2 N–H and O–H groups in total. The summed E-state index contributed by atoms with van der Waals surface area (Å²) in [7, 11) is 0. The molecule has 0 fully saturated rings. The Morgan fingerprint density at radius 2 is 1.19 bits per heavy atom. The van der Waals surface area contributed by atoms with Gasteiger partial charge in [0.15, 0.2) is 0 Å². The first kappa shape index (κ1) is 15.1. The van der Waals surface area contributed by atoms with Gasteiger partial charge in [0.1, 0.15) is 0 Å². The molecule has 94 valence electrons. The van der Waals surface area contributed by atoms with E-state index in [2.05, 4.69) is 0 Å². The van der Waals surface area contributed by atoms with Gasteiger partial charge in [-0.25, -0.2) is 4.79 Å². The molecule has 0 aromatic heterocycles. The van der Waals surface area contributed by atoms with E-state index >= 15 is 0 Å². The standard InChI is InChI=1S/C12H22O4/c13-10-8-6-4-2-1-3-5-7-9-11(14)12(15)16/h13H,1-10H2,(H,15,16). The van der Waals surface area contributed by atoms with Gasteiger partial charge in [-0.05, 0) is 12.8 Å². The molecule has 4 nitrogen and oxygen atoms in total. The average molecular weight is 230 g/mol. The molecule has 0 heterocycles. The van der Waals surface area contributed by atoms with Crippen molar-refractivity contribution in [3.05, 3.63) is 0 Å². The summed E-state index contributed by atoms with van der Waals surface area (Å²) in [6, 6.07) is 0. The molecule has 0 saturated carbocycles. The van der Waals surface area contributed by atoms with Crippen molar-refractivity contribution < 1.29 is 19.8 Å². The number of hydrogen-bond acceptors (Lipinski definition) is 3. The highest BCUT2D eigenvalue weighted by molar-refractivity contribution is 6.32. The Bertz CT molecular complexity index is 201. The minimum Gasteiger partial charge on any atom is -0.476 e. The minimum absolute atomic E-state index is 0.167.